The van der Waals surface area contributed by atoms with E-state index in [0.29, 0.717) is 0 Å². The van der Waals surface area contributed by atoms with Crippen LogP contribution in [0.2, 0.25) is 0 Å². The second-order valence-corrected chi connectivity index (χ2v) is 6.94. The molecule has 17 heavy (non-hydrogen) atoms. The molecule has 1 heterocycles. The maximum absolute atomic E-state index is 11.9. The molecule has 1 N–H and O–H groups in total. The minimum Gasteiger partial charge on any atom is -0.332 e. The molecule has 5 heteroatoms. The summed E-state index contributed by atoms with van der Waals surface area (Å²) in [5.41, 5.74) is -0.491. The summed E-state index contributed by atoms with van der Waals surface area (Å²) in [6.07, 6.45) is 0.839. The van der Waals surface area contributed by atoms with Gasteiger partial charge in [-0.15, -0.1) is 0 Å². The fourth-order valence-electron chi connectivity index (χ4n) is 2.13. The SMILES string of the molecule is CC(C)(C)CC(C)(C)NC(=O)n1sccc1=O. The average molecular weight is 256 g/mol. The van der Waals surface area contributed by atoms with E-state index in [1.165, 1.54) is 6.07 Å². The third-order valence-corrected chi connectivity index (χ3v) is 2.99. The van der Waals surface area contributed by atoms with Crippen LogP contribution in [0.1, 0.15) is 41.0 Å². The fraction of sp³-hybridized carbons (Fsp3) is 0.667. The molecular weight excluding hydrogens is 236 g/mol. The molecule has 1 amide bonds. The Balaban J connectivity index is 2.75. The van der Waals surface area contributed by atoms with Crippen molar-refractivity contribution < 1.29 is 4.79 Å². The molecule has 0 spiro atoms. The van der Waals surface area contributed by atoms with E-state index in [9.17, 15) is 9.59 Å². The molecule has 4 nitrogen and oxygen atoms in total. The molecular formula is C12H20N2O2S. The fourth-order valence-corrected chi connectivity index (χ4v) is 2.73. The van der Waals surface area contributed by atoms with Crippen molar-refractivity contribution in [2.24, 2.45) is 5.41 Å². The van der Waals surface area contributed by atoms with Crippen LogP contribution >= 0.6 is 11.5 Å². The number of carbonyl (C=O) groups excluding carboxylic acids is 1. The van der Waals surface area contributed by atoms with Crippen LogP contribution < -0.4 is 10.9 Å². The van der Waals surface area contributed by atoms with Gasteiger partial charge in [-0.1, -0.05) is 32.3 Å². The van der Waals surface area contributed by atoms with E-state index in [0.717, 1.165) is 21.9 Å². The summed E-state index contributed by atoms with van der Waals surface area (Å²) in [7, 11) is 0. The molecule has 0 atom stereocenters. The Hall–Kier alpha value is -1.10. The number of aromatic nitrogens is 1. The first-order valence-electron chi connectivity index (χ1n) is 5.60. The van der Waals surface area contributed by atoms with E-state index < -0.39 is 0 Å². The smallest absolute Gasteiger partial charge is 0.332 e. The summed E-state index contributed by atoms with van der Waals surface area (Å²) in [4.78, 5) is 23.2. The van der Waals surface area contributed by atoms with E-state index in [1.807, 2.05) is 13.8 Å². The predicted octanol–water partition coefficient (Wildman–Crippen LogP) is 2.68. The highest BCUT2D eigenvalue weighted by atomic mass is 32.1. The Bertz CT molecular complexity index is 452. The van der Waals surface area contributed by atoms with Crippen LogP contribution in [0, 0.1) is 5.41 Å². The van der Waals surface area contributed by atoms with Gasteiger partial charge >= 0.3 is 6.03 Å². The number of hydrogen-bond acceptors (Lipinski definition) is 3. The summed E-state index contributed by atoms with van der Waals surface area (Å²) in [6.45, 7) is 10.3. The second-order valence-electron chi connectivity index (χ2n) is 6.09. The Labute approximate surface area is 106 Å². The van der Waals surface area contributed by atoms with E-state index in [-0.39, 0.29) is 22.5 Å². The lowest BCUT2D eigenvalue weighted by atomic mass is 9.82. The van der Waals surface area contributed by atoms with Crippen molar-refractivity contribution in [3.8, 4) is 0 Å². The zero-order valence-electron chi connectivity index (χ0n) is 11.0. The van der Waals surface area contributed by atoms with Crippen molar-refractivity contribution in [2.75, 3.05) is 0 Å². The Morgan fingerprint density at radius 3 is 2.35 bits per heavy atom. The molecule has 0 aliphatic rings. The minimum atomic E-state index is -0.348. The summed E-state index contributed by atoms with van der Waals surface area (Å²) < 4.78 is 1.13. The monoisotopic (exact) mass is 256 g/mol. The molecule has 0 radical (unpaired) electrons. The summed E-state index contributed by atoms with van der Waals surface area (Å²) in [5, 5.41) is 4.50. The van der Waals surface area contributed by atoms with Gasteiger partial charge in [-0.2, -0.15) is 3.96 Å². The van der Waals surface area contributed by atoms with E-state index in [4.69, 9.17) is 0 Å². The maximum Gasteiger partial charge on any atom is 0.338 e. The Morgan fingerprint density at radius 1 is 1.35 bits per heavy atom. The van der Waals surface area contributed by atoms with Crippen LogP contribution in [-0.2, 0) is 0 Å². The molecule has 0 saturated heterocycles. The number of hydrogen-bond donors (Lipinski definition) is 1. The van der Waals surface area contributed by atoms with Gasteiger partial charge < -0.3 is 5.32 Å². The van der Waals surface area contributed by atoms with Crippen LogP contribution in [0.15, 0.2) is 16.2 Å². The van der Waals surface area contributed by atoms with E-state index in [1.54, 1.807) is 5.38 Å². The van der Waals surface area contributed by atoms with Gasteiger partial charge in [0.2, 0.25) is 0 Å². The van der Waals surface area contributed by atoms with Gasteiger partial charge in [-0.25, -0.2) is 4.79 Å². The lowest BCUT2D eigenvalue weighted by molar-refractivity contribution is 0.213. The number of rotatable bonds is 2. The predicted molar refractivity (Wildman–Crippen MR) is 70.7 cm³/mol. The highest BCUT2D eigenvalue weighted by Gasteiger charge is 2.27. The van der Waals surface area contributed by atoms with Crippen LogP contribution in [0.5, 0.6) is 0 Å². The van der Waals surface area contributed by atoms with Gasteiger partial charge in [0.25, 0.3) is 5.56 Å². The van der Waals surface area contributed by atoms with E-state index >= 15 is 0 Å². The molecule has 0 aromatic carbocycles. The first kappa shape index (κ1) is 14.0. The van der Waals surface area contributed by atoms with E-state index in [2.05, 4.69) is 26.1 Å². The molecule has 0 aliphatic carbocycles. The van der Waals surface area contributed by atoms with Crippen LogP contribution in [0.25, 0.3) is 0 Å². The quantitative estimate of drug-likeness (QED) is 0.884. The molecule has 0 fully saturated rings. The third kappa shape index (κ3) is 4.34. The van der Waals surface area contributed by atoms with Gasteiger partial charge in [0.05, 0.1) is 0 Å². The molecule has 0 saturated carbocycles. The first-order chi connectivity index (χ1) is 7.61. The molecule has 0 aliphatic heterocycles. The molecule has 1 aromatic rings. The summed E-state index contributed by atoms with van der Waals surface area (Å²) in [5.74, 6) is 0. The molecule has 0 unspecified atom stereocenters. The largest absolute Gasteiger partial charge is 0.338 e. The number of carbonyl (C=O) groups is 1. The molecule has 96 valence electrons. The Kier molecular flexibility index (Phi) is 3.81. The second kappa shape index (κ2) is 4.64. The Morgan fingerprint density at radius 2 is 1.94 bits per heavy atom. The molecule has 0 bridgehead atoms. The van der Waals surface area contributed by atoms with Crippen molar-refractivity contribution in [1.29, 1.82) is 0 Å². The topological polar surface area (TPSA) is 51.1 Å². The highest BCUT2D eigenvalue weighted by molar-refractivity contribution is 7.05. The van der Waals surface area contributed by atoms with Crippen LogP contribution in [0.4, 0.5) is 4.79 Å². The van der Waals surface area contributed by atoms with Crippen LogP contribution in [-0.4, -0.2) is 15.5 Å². The minimum absolute atomic E-state index is 0.122. The summed E-state index contributed by atoms with van der Waals surface area (Å²) >= 11 is 1.11. The normalized spacial score (nSPS) is 12.5. The van der Waals surface area contributed by atoms with Gasteiger partial charge in [-0.3, -0.25) is 4.79 Å². The van der Waals surface area contributed by atoms with Gasteiger partial charge in [-0.05, 0) is 25.7 Å². The molecule has 1 rings (SSSR count). The zero-order valence-corrected chi connectivity index (χ0v) is 11.9. The van der Waals surface area contributed by atoms with Crippen LogP contribution in [0.3, 0.4) is 0 Å². The lowest BCUT2D eigenvalue weighted by Gasteiger charge is -2.33. The van der Waals surface area contributed by atoms with Crippen molar-refractivity contribution in [1.82, 2.24) is 9.27 Å². The average Bonchev–Trinajstić information content (AvgIpc) is 2.44. The van der Waals surface area contributed by atoms with Crippen molar-refractivity contribution in [3.63, 3.8) is 0 Å². The standard InChI is InChI=1S/C12H20N2O2S/c1-11(2,3)8-12(4,5)13-10(16)14-9(15)6-7-17-14/h6-7H,8H2,1-5H3,(H,13,16). The maximum atomic E-state index is 11.9. The zero-order chi connectivity index (χ0) is 13.3. The van der Waals surface area contributed by atoms with Gasteiger partial charge in [0.1, 0.15) is 0 Å². The van der Waals surface area contributed by atoms with Crippen molar-refractivity contribution >= 4 is 17.6 Å². The third-order valence-electron chi connectivity index (χ3n) is 2.18. The first-order valence-corrected chi connectivity index (χ1v) is 6.44. The highest BCUT2D eigenvalue weighted by Crippen LogP contribution is 2.26. The number of nitrogens with zero attached hydrogens (tertiary/aromatic N) is 1. The van der Waals surface area contributed by atoms with Crippen molar-refractivity contribution in [2.45, 2.75) is 46.6 Å². The number of amides is 1. The van der Waals surface area contributed by atoms with Crippen molar-refractivity contribution in [3.05, 3.63) is 21.8 Å². The summed E-state index contributed by atoms with van der Waals surface area (Å²) in [6, 6.07) is 1.04. The lowest BCUT2D eigenvalue weighted by Crippen LogP contribution is -2.48. The molecule has 1 aromatic heterocycles. The van der Waals surface area contributed by atoms with Gasteiger partial charge in [0, 0.05) is 17.0 Å². The van der Waals surface area contributed by atoms with Gasteiger partial charge in [0.15, 0.2) is 0 Å². The number of nitrogens with one attached hydrogen (secondary N) is 1.